The van der Waals surface area contributed by atoms with Crippen molar-refractivity contribution in [2.24, 2.45) is 0 Å². The second-order valence-corrected chi connectivity index (χ2v) is 5.08. The number of hydrogen-bond acceptors (Lipinski definition) is 2. The van der Waals surface area contributed by atoms with E-state index in [0.29, 0.717) is 0 Å². The molecule has 4 heteroatoms. The van der Waals surface area contributed by atoms with Crippen molar-refractivity contribution in [1.29, 1.82) is 0 Å². The highest BCUT2D eigenvalue weighted by atomic mass is 19.1. The molecule has 0 bridgehead atoms. The van der Waals surface area contributed by atoms with Crippen molar-refractivity contribution in [2.45, 2.75) is 19.9 Å². The minimum Gasteiger partial charge on any atom is -0.459 e. The van der Waals surface area contributed by atoms with E-state index in [-0.39, 0.29) is 11.7 Å². The summed E-state index contributed by atoms with van der Waals surface area (Å²) < 4.78 is 32.5. The lowest BCUT2D eigenvalue weighted by atomic mass is 10.1. The van der Waals surface area contributed by atoms with E-state index in [1.54, 1.807) is 0 Å². The normalized spacial score (nSPS) is 12.6. The first-order chi connectivity index (χ1) is 10.1. The Hall–Kier alpha value is -2.36. The zero-order valence-corrected chi connectivity index (χ0v) is 11.8. The summed E-state index contributed by atoms with van der Waals surface area (Å²) in [5.41, 5.74) is 2.08. The van der Waals surface area contributed by atoms with Gasteiger partial charge in [0.2, 0.25) is 0 Å². The third kappa shape index (κ3) is 2.49. The molecular formula is C17H15F2NO. The van der Waals surface area contributed by atoms with E-state index in [9.17, 15) is 8.78 Å². The Kier molecular flexibility index (Phi) is 3.37. The van der Waals surface area contributed by atoms with Crippen LogP contribution in [0.1, 0.15) is 24.3 Å². The molecule has 1 N–H and O–H groups in total. The van der Waals surface area contributed by atoms with Crippen LogP contribution in [0.25, 0.3) is 11.0 Å². The van der Waals surface area contributed by atoms with Gasteiger partial charge in [0.1, 0.15) is 23.0 Å². The first kappa shape index (κ1) is 13.6. The average Bonchev–Trinajstić information content (AvgIpc) is 2.80. The summed E-state index contributed by atoms with van der Waals surface area (Å²) in [6.45, 7) is 3.86. The molecule has 3 rings (SSSR count). The lowest BCUT2D eigenvalue weighted by molar-refractivity contribution is 0.519. The molecule has 0 fully saturated rings. The number of para-hydroxylation sites is 1. The lowest BCUT2D eigenvalue weighted by Crippen LogP contribution is -2.08. The number of rotatable bonds is 3. The summed E-state index contributed by atoms with van der Waals surface area (Å²) in [7, 11) is 0. The van der Waals surface area contributed by atoms with Gasteiger partial charge in [0, 0.05) is 17.0 Å². The number of anilines is 1. The molecule has 0 aliphatic rings. The highest BCUT2D eigenvalue weighted by Crippen LogP contribution is 2.31. The van der Waals surface area contributed by atoms with Crippen molar-refractivity contribution in [3.05, 3.63) is 65.4 Å². The SMILES string of the molecule is Cc1c(C(C)Nc2ccc(F)cc2F)oc2ccccc12. The minimum absolute atomic E-state index is 0.225. The topological polar surface area (TPSA) is 25.2 Å². The van der Waals surface area contributed by atoms with Crippen molar-refractivity contribution in [2.75, 3.05) is 5.32 Å². The van der Waals surface area contributed by atoms with Gasteiger partial charge in [-0.1, -0.05) is 18.2 Å². The molecule has 0 aliphatic carbocycles. The molecule has 108 valence electrons. The number of fused-ring (bicyclic) bond motifs is 1. The fourth-order valence-electron chi connectivity index (χ4n) is 2.51. The highest BCUT2D eigenvalue weighted by molar-refractivity contribution is 5.82. The molecule has 1 unspecified atom stereocenters. The minimum atomic E-state index is -0.615. The first-order valence-electron chi connectivity index (χ1n) is 6.76. The van der Waals surface area contributed by atoms with Crippen molar-refractivity contribution >= 4 is 16.7 Å². The molecule has 3 aromatic rings. The zero-order chi connectivity index (χ0) is 15.0. The van der Waals surface area contributed by atoms with E-state index in [0.717, 1.165) is 28.4 Å². The second kappa shape index (κ2) is 5.20. The number of benzene rings is 2. The Bertz CT molecular complexity index is 795. The quantitative estimate of drug-likeness (QED) is 0.717. The molecule has 0 saturated carbocycles. The van der Waals surface area contributed by atoms with Crippen LogP contribution in [0, 0.1) is 18.6 Å². The molecule has 1 heterocycles. The zero-order valence-electron chi connectivity index (χ0n) is 11.8. The molecule has 2 nitrogen and oxygen atoms in total. The van der Waals surface area contributed by atoms with Crippen LogP contribution in [0.3, 0.4) is 0 Å². The van der Waals surface area contributed by atoms with Crippen molar-refractivity contribution in [3.8, 4) is 0 Å². The van der Waals surface area contributed by atoms with Crippen LogP contribution >= 0.6 is 0 Å². The Balaban J connectivity index is 1.93. The molecule has 0 radical (unpaired) electrons. The largest absolute Gasteiger partial charge is 0.459 e. The van der Waals surface area contributed by atoms with Gasteiger partial charge < -0.3 is 9.73 Å². The Morgan fingerprint density at radius 2 is 1.86 bits per heavy atom. The van der Waals surface area contributed by atoms with Gasteiger partial charge in [-0.05, 0) is 32.0 Å². The Morgan fingerprint density at radius 1 is 1.10 bits per heavy atom. The van der Waals surface area contributed by atoms with Gasteiger partial charge in [0.15, 0.2) is 0 Å². The highest BCUT2D eigenvalue weighted by Gasteiger charge is 2.17. The third-order valence-corrected chi connectivity index (χ3v) is 3.58. The molecule has 1 aromatic heterocycles. The van der Waals surface area contributed by atoms with Gasteiger partial charge in [0.25, 0.3) is 0 Å². The van der Waals surface area contributed by atoms with Crippen LogP contribution in [0.5, 0.6) is 0 Å². The van der Waals surface area contributed by atoms with Crippen molar-refractivity contribution < 1.29 is 13.2 Å². The number of hydrogen-bond donors (Lipinski definition) is 1. The van der Waals surface area contributed by atoms with Crippen LogP contribution in [0.2, 0.25) is 0 Å². The fraction of sp³-hybridized carbons (Fsp3) is 0.176. The van der Waals surface area contributed by atoms with Gasteiger partial charge in [-0.2, -0.15) is 0 Å². The summed E-state index contributed by atoms with van der Waals surface area (Å²) in [6, 6.07) is 11.0. The van der Waals surface area contributed by atoms with Gasteiger partial charge in [-0.25, -0.2) is 8.78 Å². The average molecular weight is 287 g/mol. The predicted molar refractivity (Wildman–Crippen MR) is 79.3 cm³/mol. The standard InChI is InChI=1S/C17H15F2NO/c1-10-13-5-3-4-6-16(13)21-17(10)11(2)20-15-8-7-12(18)9-14(15)19/h3-9,11,20H,1-2H3. The smallest absolute Gasteiger partial charge is 0.149 e. The van der Waals surface area contributed by atoms with Crippen LogP contribution in [0.15, 0.2) is 46.9 Å². The summed E-state index contributed by atoms with van der Waals surface area (Å²) >= 11 is 0. The molecular weight excluding hydrogens is 272 g/mol. The molecule has 0 spiro atoms. The molecule has 2 aromatic carbocycles. The van der Waals surface area contributed by atoms with Gasteiger partial charge >= 0.3 is 0 Å². The number of halogens is 2. The monoisotopic (exact) mass is 287 g/mol. The summed E-state index contributed by atoms with van der Waals surface area (Å²) in [4.78, 5) is 0. The van der Waals surface area contributed by atoms with Gasteiger partial charge in [0.05, 0.1) is 11.7 Å². The van der Waals surface area contributed by atoms with Crippen molar-refractivity contribution in [1.82, 2.24) is 0 Å². The first-order valence-corrected chi connectivity index (χ1v) is 6.76. The van der Waals surface area contributed by atoms with Crippen LogP contribution < -0.4 is 5.32 Å². The molecule has 21 heavy (non-hydrogen) atoms. The summed E-state index contributed by atoms with van der Waals surface area (Å²) in [5.74, 6) is -0.457. The second-order valence-electron chi connectivity index (χ2n) is 5.08. The molecule has 0 saturated heterocycles. The number of nitrogens with one attached hydrogen (secondary N) is 1. The maximum atomic E-state index is 13.7. The van der Waals surface area contributed by atoms with E-state index < -0.39 is 11.6 Å². The predicted octanol–water partition coefficient (Wildman–Crippen LogP) is 5.19. The molecule has 0 amide bonds. The maximum Gasteiger partial charge on any atom is 0.149 e. The van der Waals surface area contributed by atoms with E-state index >= 15 is 0 Å². The van der Waals surface area contributed by atoms with E-state index in [4.69, 9.17) is 4.42 Å². The van der Waals surface area contributed by atoms with Crippen molar-refractivity contribution in [3.63, 3.8) is 0 Å². The summed E-state index contributed by atoms with van der Waals surface area (Å²) in [6.07, 6.45) is 0. The fourth-order valence-corrected chi connectivity index (χ4v) is 2.51. The van der Waals surface area contributed by atoms with Crippen LogP contribution in [0.4, 0.5) is 14.5 Å². The molecule has 1 atom stereocenters. The Labute approximate surface area is 121 Å². The Morgan fingerprint density at radius 3 is 2.57 bits per heavy atom. The van der Waals surface area contributed by atoms with E-state index in [1.807, 2.05) is 38.1 Å². The summed E-state index contributed by atoms with van der Waals surface area (Å²) in [5, 5.41) is 4.06. The van der Waals surface area contributed by atoms with E-state index in [2.05, 4.69) is 5.32 Å². The number of furan rings is 1. The lowest BCUT2D eigenvalue weighted by Gasteiger charge is -2.14. The van der Waals surface area contributed by atoms with E-state index in [1.165, 1.54) is 12.1 Å². The van der Waals surface area contributed by atoms with Crippen LogP contribution in [-0.4, -0.2) is 0 Å². The maximum absolute atomic E-state index is 13.7. The van der Waals surface area contributed by atoms with Gasteiger partial charge in [-0.3, -0.25) is 0 Å². The number of aryl methyl sites for hydroxylation is 1. The molecule has 0 aliphatic heterocycles. The van der Waals surface area contributed by atoms with Gasteiger partial charge in [-0.15, -0.1) is 0 Å². The third-order valence-electron chi connectivity index (χ3n) is 3.58. The van der Waals surface area contributed by atoms with Crippen LogP contribution in [-0.2, 0) is 0 Å².